The number of ether oxygens (including phenoxy) is 1. The maximum Gasteiger partial charge on any atom is 0.264 e. The van der Waals surface area contributed by atoms with E-state index in [4.69, 9.17) is 4.74 Å². The van der Waals surface area contributed by atoms with Gasteiger partial charge < -0.3 is 10.1 Å². The number of thioether (sulfide) groups is 1. The molecule has 0 unspecified atom stereocenters. The quantitative estimate of drug-likeness (QED) is 0.272. The van der Waals surface area contributed by atoms with Gasteiger partial charge in [-0.3, -0.25) is 4.79 Å². The van der Waals surface area contributed by atoms with Crippen molar-refractivity contribution in [1.29, 1.82) is 0 Å². The fourth-order valence-electron chi connectivity index (χ4n) is 2.67. The van der Waals surface area contributed by atoms with Gasteiger partial charge in [0.1, 0.15) is 12.4 Å². The number of hydrogen-bond donors (Lipinski definition) is 1. The highest BCUT2D eigenvalue weighted by atomic mass is 127. The summed E-state index contributed by atoms with van der Waals surface area (Å²) >= 11 is 7.02. The molecule has 1 amide bonds. The summed E-state index contributed by atoms with van der Waals surface area (Å²) in [6.45, 7) is 0.519. The maximum atomic E-state index is 12.3. The fraction of sp³-hybridized carbons (Fsp3) is 0.0435. The molecule has 1 fully saturated rings. The number of hydrogen-bond acceptors (Lipinski definition) is 4. The van der Waals surface area contributed by atoms with E-state index in [0.717, 1.165) is 27.0 Å². The van der Waals surface area contributed by atoms with Gasteiger partial charge in [0.15, 0.2) is 5.17 Å². The Hall–Kier alpha value is -2.10. The first-order chi connectivity index (χ1) is 14.5. The van der Waals surface area contributed by atoms with E-state index in [1.807, 2.05) is 54.6 Å². The van der Waals surface area contributed by atoms with Crippen LogP contribution in [0.5, 0.6) is 5.75 Å². The second-order valence-corrected chi connectivity index (χ2v) is 9.63. The molecular formula is C23H16BrIN2O2S. The zero-order chi connectivity index (χ0) is 20.9. The molecule has 0 saturated carbocycles. The van der Waals surface area contributed by atoms with Crippen molar-refractivity contribution in [3.8, 4) is 5.75 Å². The first kappa shape index (κ1) is 21.1. The predicted octanol–water partition coefficient (Wildman–Crippen LogP) is 6.52. The molecule has 0 aromatic heterocycles. The van der Waals surface area contributed by atoms with Crippen LogP contribution in [-0.2, 0) is 11.4 Å². The molecule has 1 aliphatic rings. The number of amidine groups is 1. The van der Waals surface area contributed by atoms with Gasteiger partial charge in [-0.15, -0.1) is 0 Å². The third kappa shape index (κ3) is 5.74. The normalized spacial score (nSPS) is 16.1. The lowest BCUT2D eigenvalue weighted by Gasteiger charge is -2.07. The van der Waals surface area contributed by atoms with Gasteiger partial charge in [-0.1, -0.05) is 40.2 Å². The van der Waals surface area contributed by atoms with Crippen molar-refractivity contribution in [2.75, 3.05) is 0 Å². The van der Waals surface area contributed by atoms with Crippen molar-refractivity contribution in [3.05, 3.63) is 96.9 Å². The van der Waals surface area contributed by atoms with Crippen LogP contribution in [0.15, 0.2) is 87.2 Å². The van der Waals surface area contributed by atoms with Crippen LogP contribution in [0.3, 0.4) is 0 Å². The Morgan fingerprint density at radius 2 is 1.70 bits per heavy atom. The number of aliphatic imine (C=N–C) groups is 1. The highest BCUT2D eigenvalue weighted by molar-refractivity contribution is 14.1. The van der Waals surface area contributed by atoms with Crippen LogP contribution in [-0.4, -0.2) is 11.1 Å². The number of amides is 1. The summed E-state index contributed by atoms with van der Waals surface area (Å²) in [5, 5.41) is 3.38. The molecule has 0 radical (unpaired) electrons. The topological polar surface area (TPSA) is 50.7 Å². The summed E-state index contributed by atoms with van der Waals surface area (Å²) < 4.78 is 8.03. The Labute approximate surface area is 201 Å². The van der Waals surface area contributed by atoms with E-state index in [2.05, 4.69) is 73.1 Å². The summed E-state index contributed by atoms with van der Waals surface area (Å²) in [7, 11) is 0. The monoisotopic (exact) mass is 590 g/mol. The van der Waals surface area contributed by atoms with Crippen molar-refractivity contribution < 1.29 is 9.53 Å². The molecule has 1 saturated heterocycles. The van der Waals surface area contributed by atoms with Gasteiger partial charge in [0.05, 0.1) is 10.6 Å². The minimum absolute atomic E-state index is 0.144. The molecule has 0 aliphatic carbocycles. The van der Waals surface area contributed by atoms with E-state index in [1.54, 1.807) is 0 Å². The Morgan fingerprint density at radius 3 is 2.40 bits per heavy atom. The molecule has 7 heteroatoms. The first-order valence-electron chi connectivity index (χ1n) is 9.08. The van der Waals surface area contributed by atoms with Crippen LogP contribution in [0.4, 0.5) is 5.69 Å². The predicted molar refractivity (Wildman–Crippen MR) is 135 cm³/mol. The van der Waals surface area contributed by atoms with Crippen LogP contribution in [0.2, 0.25) is 0 Å². The first-order valence-corrected chi connectivity index (χ1v) is 11.8. The van der Waals surface area contributed by atoms with Gasteiger partial charge in [-0.25, -0.2) is 4.99 Å². The average Bonchev–Trinajstić information content (AvgIpc) is 3.09. The molecule has 4 rings (SSSR count). The standard InChI is InChI=1S/C23H16BrIN2O2S/c24-17-5-9-19(10-6-17)26-23-27-22(28)21(30-23)13-15-3-11-20(12-4-15)29-14-16-1-7-18(25)8-2-16/h1-13H,14H2,(H,26,27,28)/b21-13-. The Bertz CT molecular complexity index is 1110. The Kier molecular flexibility index (Phi) is 6.91. The third-order valence-electron chi connectivity index (χ3n) is 4.20. The number of carbonyl (C=O) groups is 1. The summed E-state index contributed by atoms with van der Waals surface area (Å²) in [5.74, 6) is 0.645. The molecule has 0 spiro atoms. The molecular weight excluding hydrogens is 575 g/mol. The molecule has 3 aromatic rings. The minimum Gasteiger partial charge on any atom is -0.489 e. The van der Waals surface area contributed by atoms with Gasteiger partial charge in [0, 0.05) is 8.04 Å². The van der Waals surface area contributed by atoms with Gasteiger partial charge in [0.25, 0.3) is 5.91 Å². The maximum absolute atomic E-state index is 12.3. The lowest BCUT2D eigenvalue weighted by Crippen LogP contribution is -2.19. The van der Waals surface area contributed by atoms with Gasteiger partial charge in [0.2, 0.25) is 0 Å². The molecule has 4 nitrogen and oxygen atoms in total. The third-order valence-corrected chi connectivity index (χ3v) is 6.36. The number of carbonyl (C=O) groups excluding carboxylic acids is 1. The van der Waals surface area contributed by atoms with Crippen LogP contribution in [0, 0.1) is 3.57 Å². The Balaban J connectivity index is 1.39. The van der Waals surface area contributed by atoms with Gasteiger partial charge in [-0.2, -0.15) is 0 Å². The molecule has 3 aromatic carbocycles. The zero-order valence-corrected chi connectivity index (χ0v) is 20.2. The largest absolute Gasteiger partial charge is 0.489 e. The lowest BCUT2D eigenvalue weighted by molar-refractivity contribution is -0.115. The van der Waals surface area contributed by atoms with E-state index in [9.17, 15) is 4.79 Å². The smallest absolute Gasteiger partial charge is 0.264 e. The van der Waals surface area contributed by atoms with E-state index in [0.29, 0.717) is 16.7 Å². The van der Waals surface area contributed by atoms with Crippen molar-refractivity contribution in [2.45, 2.75) is 6.61 Å². The average molecular weight is 591 g/mol. The second kappa shape index (κ2) is 9.80. The van der Waals surface area contributed by atoms with Crippen LogP contribution in [0.1, 0.15) is 11.1 Å². The highest BCUT2D eigenvalue weighted by Crippen LogP contribution is 2.29. The SMILES string of the molecule is O=C1NC(=Nc2ccc(Br)cc2)S/C1=C\c1ccc(OCc2ccc(I)cc2)cc1. The molecule has 1 heterocycles. The van der Waals surface area contributed by atoms with E-state index in [1.165, 1.54) is 15.3 Å². The van der Waals surface area contributed by atoms with Crippen molar-refractivity contribution in [2.24, 2.45) is 4.99 Å². The molecule has 150 valence electrons. The van der Waals surface area contributed by atoms with Crippen LogP contribution >= 0.6 is 50.3 Å². The minimum atomic E-state index is -0.144. The molecule has 0 atom stereocenters. The van der Waals surface area contributed by atoms with Gasteiger partial charge >= 0.3 is 0 Å². The lowest BCUT2D eigenvalue weighted by atomic mass is 10.2. The second-order valence-electron chi connectivity index (χ2n) is 6.44. The van der Waals surface area contributed by atoms with Crippen molar-refractivity contribution in [3.63, 3.8) is 0 Å². The van der Waals surface area contributed by atoms with E-state index < -0.39 is 0 Å². The molecule has 1 aliphatic heterocycles. The molecule has 30 heavy (non-hydrogen) atoms. The zero-order valence-electron chi connectivity index (χ0n) is 15.6. The fourth-order valence-corrected chi connectivity index (χ4v) is 4.14. The summed E-state index contributed by atoms with van der Waals surface area (Å²) in [5.41, 5.74) is 2.84. The number of rotatable bonds is 5. The van der Waals surface area contributed by atoms with E-state index >= 15 is 0 Å². The molecule has 0 bridgehead atoms. The van der Waals surface area contributed by atoms with Crippen LogP contribution in [0.25, 0.3) is 6.08 Å². The number of nitrogens with one attached hydrogen (secondary N) is 1. The number of halogens is 2. The number of nitrogens with zero attached hydrogens (tertiary/aromatic N) is 1. The summed E-state index contributed by atoms with van der Waals surface area (Å²) in [4.78, 5) is 17.4. The van der Waals surface area contributed by atoms with Crippen molar-refractivity contribution >= 4 is 73.1 Å². The molecule has 1 N–H and O–H groups in total. The van der Waals surface area contributed by atoms with E-state index in [-0.39, 0.29) is 5.91 Å². The summed E-state index contributed by atoms with van der Waals surface area (Å²) in [6.07, 6.45) is 1.85. The number of benzene rings is 3. The highest BCUT2D eigenvalue weighted by Gasteiger charge is 2.23. The van der Waals surface area contributed by atoms with Crippen LogP contribution < -0.4 is 10.1 Å². The Morgan fingerprint density at radius 1 is 1.00 bits per heavy atom. The summed E-state index contributed by atoms with van der Waals surface area (Å²) in [6, 6.07) is 23.6. The van der Waals surface area contributed by atoms with Gasteiger partial charge in [-0.05, 0) is 100 Å². The van der Waals surface area contributed by atoms with Crippen molar-refractivity contribution in [1.82, 2.24) is 5.32 Å².